The van der Waals surface area contributed by atoms with Crippen molar-refractivity contribution in [2.45, 2.75) is 210 Å². The molecule has 6 aromatic rings. The number of halogens is 2. The van der Waals surface area contributed by atoms with Crippen molar-refractivity contribution in [3.8, 4) is 40.2 Å². The molecule has 4 aliphatic rings. The SMILES string of the molecule is CC(C)[Si](C#Cc1c(F)ccc2cc(O[Si](C(C)C)(C(C)C)C(C)C)cc(-c3ncc4c(N5CCC[C@@](C)(O)C5)nc(OC[C@@]56CCCN5[C@H](CC(COC(N)=O)OCCOCCOc5ccc7c(c5)n(C)c(=O)n7C5CCC(=O)NC5=O)CC6)nc4c3F)c12)(C(C)C)C(C)C. The largest absolute Gasteiger partial charge is 0.543 e. The second-order valence-electron chi connectivity index (χ2n) is 29.2. The topological polar surface area (TPSA) is 237 Å². The molecule has 5 atom stereocenters. The number of aliphatic hydroxyl groups is 1. The summed E-state index contributed by atoms with van der Waals surface area (Å²) in [6.45, 7) is 30.9. The van der Waals surface area contributed by atoms with Gasteiger partial charge in [-0.25, -0.2) is 18.4 Å². The third kappa shape index (κ3) is 14.3. The zero-order valence-corrected chi connectivity index (χ0v) is 60.5. The molecule has 0 aliphatic carbocycles. The second kappa shape index (κ2) is 29.2. The number of imide groups is 1. The minimum atomic E-state index is -2.60. The number of piperidine rings is 2. The third-order valence-corrected chi connectivity index (χ3v) is 33.6. The van der Waals surface area contributed by atoms with Crippen LogP contribution in [0.3, 0.4) is 0 Å². The van der Waals surface area contributed by atoms with Gasteiger partial charge in [0.1, 0.15) is 68.3 Å². The predicted molar refractivity (Wildman–Crippen MR) is 374 cm³/mol. The van der Waals surface area contributed by atoms with Crippen LogP contribution in [-0.4, -0.2) is 151 Å². The van der Waals surface area contributed by atoms with Gasteiger partial charge in [0.25, 0.3) is 8.32 Å². The molecule has 96 heavy (non-hydrogen) atoms. The number of nitrogens with two attached hydrogens (primary N) is 1. The van der Waals surface area contributed by atoms with Crippen molar-refractivity contribution in [3.05, 3.63) is 76.3 Å². The van der Waals surface area contributed by atoms with E-state index in [0.29, 0.717) is 75.9 Å². The molecule has 24 heteroatoms. The molecule has 7 heterocycles. The third-order valence-electron chi connectivity index (χ3n) is 21.3. The average molecular weight is 1360 g/mol. The molecule has 4 fully saturated rings. The number of nitrogens with zero attached hydrogens (tertiary/aromatic N) is 7. The van der Waals surface area contributed by atoms with Crippen LogP contribution in [0.1, 0.15) is 159 Å². The molecule has 0 radical (unpaired) electrons. The molecule has 0 spiro atoms. The lowest BCUT2D eigenvalue weighted by Gasteiger charge is -2.42. The first-order chi connectivity index (χ1) is 45.5. The summed E-state index contributed by atoms with van der Waals surface area (Å²) in [4.78, 5) is 69.0. The number of imidazole rings is 1. The first kappa shape index (κ1) is 71.7. The molecule has 4 aliphatic heterocycles. The number of carbonyl (C=O) groups excluding carboxylic acids is 3. The van der Waals surface area contributed by atoms with Crippen LogP contribution < -0.4 is 35.5 Å². The predicted octanol–water partition coefficient (Wildman–Crippen LogP) is 12.6. The van der Waals surface area contributed by atoms with Gasteiger partial charge >= 0.3 is 17.8 Å². The van der Waals surface area contributed by atoms with E-state index in [4.69, 9.17) is 48.8 Å². The van der Waals surface area contributed by atoms with Gasteiger partial charge in [0.05, 0.1) is 59.0 Å². The van der Waals surface area contributed by atoms with Crippen LogP contribution in [0.25, 0.3) is 44.0 Å². The number of ether oxygens (including phenoxy) is 5. The van der Waals surface area contributed by atoms with Crippen molar-refractivity contribution < 1.29 is 56.4 Å². The van der Waals surface area contributed by atoms with E-state index < -0.39 is 63.3 Å². The number of amides is 3. The van der Waals surface area contributed by atoms with Gasteiger partial charge in [0, 0.05) is 55.8 Å². The maximum absolute atomic E-state index is 18.6. The summed E-state index contributed by atoms with van der Waals surface area (Å²) in [6.07, 6.45) is 5.56. The Labute approximate surface area is 564 Å². The number of aryl methyl sites for hydroxylation is 1. The minimum absolute atomic E-state index is 0.0164. The van der Waals surface area contributed by atoms with Gasteiger partial charge in [-0.3, -0.25) is 33.9 Å². The van der Waals surface area contributed by atoms with Crippen LogP contribution >= 0.6 is 0 Å². The quantitative estimate of drug-likeness (QED) is 0.0198. The van der Waals surface area contributed by atoms with E-state index in [0.717, 1.165) is 32.2 Å². The van der Waals surface area contributed by atoms with Crippen LogP contribution in [0.5, 0.6) is 17.5 Å². The fourth-order valence-corrected chi connectivity index (χ4v) is 27.3. The minimum Gasteiger partial charge on any atom is -0.543 e. The van der Waals surface area contributed by atoms with Gasteiger partial charge < -0.3 is 43.9 Å². The summed E-state index contributed by atoms with van der Waals surface area (Å²) in [5.41, 5.74) is 10.4. The van der Waals surface area contributed by atoms with Gasteiger partial charge in [0.15, 0.2) is 5.82 Å². The monoisotopic (exact) mass is 1360 g/mol. The Kier molecular flexibility index (Phi) is 21.8. The first-order valence-corrected chi connectivity index (χ1v) is 38.9. The van der Waals surface area contributed by atoms with Crippen molar-refractivity contribution >= 4 is 72.8 Å². The number of fused-ring (bicyclic) bond motifs is 4. The van der Waals surface area contributed by atoms with Crippen molar-refractivity contribution in [2.75, 3.05) is 64.2 Å². The smallest absolute Gasteiger partial charge is 0.404 e. The van der Waals surface area contributed by atoms with Gasteiger partial charge in [0.2, 0.25) is 11.8 Å². The Hall–Kier alpha value is -7.02. The van der Waals surface area contributed by atoms with Gasteiger partial charge in [-0.1, -0.05) is 95.1 Å². The molecule has 20 nitrogen and oxygen atoms in total. The Morgan fingerprint density at radius 1 is 0.823 bits per heavy atom. The Morgan fingerprint density at radius 2 is 1.53 bits per heavy atom. The summed E-state index contributed by atoms with van der Waals surface area (Å²) in [5.74, 6) is 2.76. The number of rotatable bonds is 26. The Balaban J connectivity index is 0.905. The highest BCUT2D eigenvalue weighted by molar-refractivity contribution is 6.90. The number of anilines is 1. The van der Waals surface area contributed by atoms with Crippen molar-refractivity contribution in [1.82, 2.24) is 34.3 Å². The molecule has 10 rings (SSSR count). The Bertz CT molecular complexity index is 3950. The van der Waals surface area contributed by atoms with E-state index in [9.17, 15) is 24.3 Å². The van der Waals surface area contributed by atoms with E-state index in [2.05, 4.69) is 105 Å². The van der Waals surface area contributed by atoms with Crippen LogP contribution in [0.15, 0.2) is 53.5 Å². The summed E-state index contributed by atoms with van der Waals surface area (Å²) in [5, 5.41) is 15.3. The molecule has 3 aromatic heterocycles. The lowest BCUT2D eigenvalue weighted by molar-refractivity contribution is -0.135. The average Bonchev–Trinajstić information content (AvgIpc) is 0.916. The maximum Gasteiger partial charge on any atom is 0.404 e. The standard InChI is InChI=1S/C72H99F2N9O11Si2/c1-43(2)95(44(3)4,45(5)6)34-24-54-57(73)19-17-49-35-52(94-96(46(7)8,47(9)10)48(11)12)37-55(62(49)54)64-63(74)65-56(39-76-64)66(81-28-15-25-71(13,88)41-81)79-69(78-65)93-42-72-26-16-29-82(72)50(23-27-72)36-53(40-92-68(75)86)91-33-31-89-30-32-90-51-18-20-58-60(38-51)80(14)70(87)83(58)59-21-22-61(84)77-67(59)85/h17-20,35,37-39,43-48,50,53,59,88H,15-16,21-23,25-33,36,40-42H2,1-14H3,(H2,75,86)(H,77,84,85)/t50-,53?,59?,71+,72-/m0/s1. The number of nitrogens with one attached hydrogen (secondary N) is 1. The highest BCUT2D eigenvalue weighted by atomic mass is 28.4. The van der Waals surface area contributed by atoms with Gasteiger partial charge in [-0.2, -0.15) is 9.97 Å². The van der Waals surface area contributed by atoms with Crippen LogP contribution in [0, 0.1) is 23.1 Å². The van der Waals surface area contributed by atoms with Crippen molar-refractivity contribution in [1.29, 1.82) is 0 Å². The zero-order valence-electron chi connectivity index (χ0n) is 58.5. The molecule has 2 unspecified atom stereocenters. The summed E-state index contributed by atoms with van der Waals surface area (Å²) < 4.78 is 76.1. The molecule has 3 amide bonds. The van der Waals surface area contributed by atoms with Crippen LogP contribution in [-0.2, 0) is 30.8 Å². The fraction of sp³-hybridized carbons (Fsp3) is 0.597. The number of hydrogen-bond acceptors (Lipinski definition) is 16. The molecule has 4 saturated heterocycles. The molecule has 520 valence electrons. The summed E-state index contributed by atoms with van der Waals surface area (Å²) in [7, 11) is -3.38. The van der Waals surface area contributed by atoms with Crippen LogP contribution in [0.4, 0.5) is 19.4 Å². The number of primary amides is 1. The highest BCUT2D eigenvalue weighted by Gasteiger charge is 2.51. The number of pyridine rings is 1. The van der Waals surface area contributed by atoms with E-state index in [1.165, 1.54) is 15.2 Å². The molecule has 3 aromatic carbocycles. The molecular weight excluding hydrogens is 1260 g/mol. The van der Waals surface area contributed by atoms with Gasteiger partial charge in [-0.15, -0.1) is 5.54 Å². The number of carbonyl (C=O) groups is 3. The lowest BCUT2D eigenvalue weighted by atomic mass is 9.94. The summed E-state index contributed by atoms with van der Waals surface area (Å²) in [6, 6.07) is 11.3. The first-order valence-electron chi connectivity index (χ1n) is 34.5. The van der Waals surface area contributed by atoms with Crippen LogP contribution in [0.2, 0.25) is 33.2 Å². The zero-order chi connectivity index (χ0) is 69.3. The van der Waals surface area contributed by atoms with E-state index in [1.807, 2.05) is 17.0 Å². The molecule has 0 saturated carbocycles. The number of β-amino-alcohol motifs (C(OH)–C–C–N with tert-alkyl or cyclic N) is 1. The molecule has 4 N–H and O–H groups in total. The molecule has 0 bridgehead atoms. The van der Waals surface area contributed by atoms with Crippen molar-refractivity contribution in [3.63, 3.8) is 0 Å². The maximum atomic E-state index is 18.6. The number of aromatic nitrogens is 5. The summed E-state index contributed by atoms with van der Waals surface area (Å²) >= 11 is 0. The number of benzene rings is 3. The van der Waals surface area contributed by atoms with E-state index in [-0.39, 0.29) is 133 Å². The van der Waals surface area contributed by atoms with E-state index >= 15 is 8.78 Å². The second-order valence-corrected chi connectivity index (χ2v) is 40.2. The Morgan fingerprint density at radius 3 is 2.21 bits per heavy atom. The lowest BCUT2D eigenvalue weighted by Crippen LogP contribution is -2.50. The van der Waals surface area contributed by atoms with E-state index in [1.54, 1.807) is 44.4 Å². The molecular formula is C72H99F2N9O11Si2. The highest BCUT2D eigenvalue weighted by Crippen LogP contribution is 2.48. The normalized spacial score (nSPS) is 20.8. The number of hydrogen-bond donors (Lipinski definition) is 3. The van der Waals surface area contributed by atoms with Gasteiger partial charge in [-0.05, 0) is 134 Å². The van der Waals surface area contributed by atoms with Crippen molar-refractivity contribution in [2.24, 2.45) is 12.8 Å². The fourth-order valence-electron chi connectivity index (χ4n) is 16.8.